The van der Waals surface area contributed by atoms with Crippen molar-refractivity contribution in [3.05, 3.63) is 48.0 Å². The van der Waals surface area contributed by atoms with Crippen LogP contribution in [0.4, 0.5) is 5.82 Å². The Kier molecular flexibility index (Phi) is 2.45. The molecule has 3 heterocycles. The SMILES string of the molecule is CC(C)(c1ccc(N)nn1)c1nnc2ccccn12. The van der Waals surface area contributed by atoms with Crippen LogP contribution in [0, 0.1) is 0 Å². The molecule has 2 N–H and O–H groups in total. The minimum absolute atomic E-state index is 0.401. The van der Waals surface area contributed by atoms with Gasteiger partial charge in [0.1, 0.15) is 11.6 Å². The maximum atomic E-state index is 5.57. The second-order valence-corrected chi connectivity index (χ2v) is 4.92. The molecule has 0 aliphatic rings. The molecule has 6 nitrogen and oxygen atoms in total. The van der Waals surface area contributed by atoms with Gasteiger partial charge >= 0.3 is 0 Å². The number of pyridine rings is 1. The number of nitrogens with two attached hydrogens (primary N) is 1. The fraction of sp³-hybridized carbons (Fsp3) is 0.231. The smallest absolute Gasteiger partial charge is 0.160 e. The zero-order chi connectivity index (χ0) is 13.5. The standard InChI is InChI=1S/C13H14N6/c1-13(2,9-6-7-10(14)16-15-9)12-18-17-11-5-3-4-8-19(11)12/h3-8H,1-2H3,(H2,14,16). The Labute approximate surface area is 110 Å². The van der Waals surface area contributed by atoms with E-state index in [2.05, 4.69) is 20.4 Å². The van der Waals surface area contributed by atoms with E-state index in [1.54, 1.807) is 6.07 Å². The number of hydrogen-bond donors (Lipinski definition) is 1. The van der Waals surface area contributed by atoms with Crippen molar-refractivity contribution in [3.8, 4) is 0 Å². The summed E-state index contributed by atoms with van der Waals surface area (Å²) in [5.41, 5.74) is 6.79. The highest BCUT2D eigenvalue weighted by Crippen LogP contribution is 2.28. The Morgan fingerprint density at radius 2 is 1.84 bits per heavy atom. The summed E-state index contributed by atoms with van der Waals surface area (Å²) in [6.45, 7) is 4.08. The van der Waals surface area contributed by atoms with Gasteiger partial charge in [-0.15, -0.1) is 15.3 Å². The highest BCUT2D eigenvalue weighted by molar-refractivity contribution is 5.40. The summed E-state index contributed by atoms with van der Waals surface area (Å²) < 4.78 is 1.96. The lowest BCUT2D eigenvalue weighted by Gasteiger charge is -2.21. The van der Waals surface area contributed by atoms with Crippen LogP contribution in [0.3, 0.4) is 0 Å². The number of fused-ring (bicyclic) bond motifs is 1. The number of rotatable bonds is 2. The first-order valence-electron chi connectivity index (χ1n) is 5.99. The molecule has 6 heteroatoms. The Morgan fingerprint density at radius 3 is 2.58 bits per heavy atom. The van der Waals surface area contributed by atoms with Crippen molar-refractivity contribution in [2.75, 3.05) is 5.73 Å². The van der Waals surface area contributed by atoms with Crippen LogP contribution in [-0.2, 0) is 5.41 Å². The van der Waals surface area contributed by atoms with Gasteiger partial charge in [0.25, 0.3) is 0 Å². The second kappa shape index (κ2) is 4.01. The Hall–Kier alpha value is -2.50. The van der Waals surface area contributed by atoms with E-state index < -0.39 is 5.41 Å². The molecule has 3 aromatic heterocycles. The number of nitrogen functional groups attached to an aromatic ring is 1. The molecule has 0 aromatic carbocycles. The number of aromatic nitrogens is 5. The fourth-order valence-corrected chi connectivity index (χ4v) is 2.06. The molecule has 0 saturated heterocycles. The van der Waals surface area contributed by atoms with Crippen LogP contribution >= 0.6 is 0 Å². The third kappa shape index (κ3) is 1.81. The summed E-state index contributed by atoms with van der Waals surface area (Å²) in [7, 11) is 0. The van der Waals surface area contributed by atoms with Crippen LogP contribution in [0.2, 0.25) is 0 Å². The largest absolute Gasteiger partial charge is 0.382 e. The highest BCUT2D eigenvalue weighted by atomic mass is 15.3. The molecule has 0 aliphatic carbocycles. The topological polar surface area (TPSA) is 82.0 Å². The molecule has 3 rings (SSSR count). The highest BCUT2D eigenvalue weighted by Gasteiger charge is 2.30. The average molecular weight is 254 g/mol. The van der Waals surface area contributed by atoms with Crippen molar-refractivity contribution in [1.29, 1.82) is 0 Å². The monoisotopic (exact) mass is 254 g/mol. The molecule has 0 amide bonds. The molecule has 0 spiro atoms. The van der Waals surface area contributed by atoms with E-state index in [9.17, 15) is 0 Å². The molecule has 0 bridgehead atoms. The molecular weight excluding hydrogens is 240 g/mol. The number of nitrogens with zero attached hydrogens (tertiary/aromatic N) is 5. The van der Waals surface area contributed by atoms with Gasteiger partial charge in [-0.25, -0.2) is 0 Å². The quantitative estimate of drug-likeness (QED) is 0.748. The molecule has 0 fully saturated rings. The van der Waals surface area contributed by atoms with Gasteiger partial charge in [-0.3, -0.25) is 4.40 Å². The van der Waals surface area contributed by atoms with Gasteiger partial charge in [-0.1, -0.05) is 6.07 Å². The van der Waals surface area contributed by atoms with Crippen molar-refractivity contribution in [2.24, 2.45) is 0 Å². The van der Waals surface area contributed by atoms with Crippen LogP contribution in [0.5, 0.6) is 0 Å². The summed E-state index contributed by atoms with van der Waals surface area (Å²) in [6, 6.07) is 9.41. The zero-order valence-corrected chi connectivity index (χ0v) is 10.8. The van der Waals surface area contributed by atoms with Gasteiger partial charge in [-0.05, 0) is 38.1 Å². The van der Waals surface area contributed by atoms with Crippen molar-refractivity contribution in [2.45, 2.75) is 19.3 Å². The lowest BCUT2D eigenvalue weighted by molar-refractivity contribution is 0.555. The van der Waals surface area contributed by atoms with E-state index in [4.69, 9.17) is 5.73 Å². The van der Waals surface area contributed by atoms with Gasteiger partial charge in [0.15, 0.2) is 5.65 Å². The minimum atomic E-state index is -0.401. The number of anilines is 1. The van der Waals surface area contributed by atoms with E-state index in [0.717, 1.165) is 17.2 Å². The average Bonchev–Trinajstić information content (AvgIpc) is 2.83. The van der Waals surface area contributed by atoms with Crippen LogP contribution in [0.1, 0.15) is 25.4 Å². The first-order chi connectivity index (χ1) is 9.09. The van der Waals surface area contributed by atoms with Gasteiger partial charge in [0.05, 0.1) is 11.1 Å². The van der Waals surface area contributed by atoms with E-state index in [1.807, 2.05) is 48.7 Å². The van der Waals surface area contributed by atoms with E-state index >= 15 is 0 Å². The van der Waals surface area contributed by atoms with Gasteiger partial charge < -0.3 is 5.73 Å². The molecule has 3 aromatic rings. The molecule has 0 saturated carbocycles. The van der Waals surface area contributed by atoms with Crippen molar-refractivity contribution >= 4 is 11.5 Å². The summed E-state index contributed by atoms with van der Waals surface area (Å²) >= 11 is 0. The molecule has 0 unspecified atom stereocenters. The van der Waals surface area contributed by atoms with Crippen LogP contribution < -0.4 is 5.73 Å². The maximum absolute atomic E-state index is 5.57. The molecular formula is C13H14N6. The predicted octanol–water partition coefficient (Wildman–Crippen LogP) is 1.43. The van der Waals surface area contributed by atoms with Crippen LogP contribution in [0.15, 0.2) is 36.5 Å². The Bertz CT molecular complexity index is 713. The van der Waals surface area contributed by atoms with E-state index in [1.165, 1.54) is 0 Å². The van der Waals surface area contributed by atoms with Crippen molar-refractivity contribution < 1.29 is 0 Å². The van der Waals surface area contributed by atoms with Gasteiger partial charge in [0.2, 0.25) is 0 Å². The van der Waals surface area contributed by atoms with Gasteiger partial charge in [-0.2, -0.15) is 5.10 Å². The molecule has 96 valence electrons. The van der Waals surface area contributed by atoms with Crippen LogP contribution in [-0.4, -0.2) is 24.8 Å². The first-order valence-corrected chi connectivity index (χ1v) is 5.99. The number of hydrogen-bond acceptors (Lipinski definition) is 5. The van der Waals surface area contributed by atoms with Gasteiger partial charge in [0, 0.05) is 6.20 Å². The molecule has 0 radical (unpaired) electrons. The summed E-state index contributed by atoms with van der Waals surface area (Å²) in [6.07, 6.45) is 1.94. The first kappa shape index (κ1) is 11.6. The van der Waals surface area contributed by atoms with Crippen molar-refractivity contribution in [3.63, 3.8) is 0 Å². The summed E-state index contributed by atoms with van der Waals surface area (Å²) in [4.78, 5) is 0. The second-order valence-electron chi connectivity index (χ2n) is 4.92. The third-order valence-electron chi connectivity index (χ3n) is 3.20. The normalized spacial score (nSPS) is 11.9. The lowest BCUT2D eigenvalue weighted by Crippen LogP contribution is -2.24. The molecule has 0 atom stereocenters. The minimum Gasteiger partial charge on any atom is -0.382 e. The maximum Gasteiger partial charge on any atom is 0.160 e. The molecule has 0 aliphatic heterocycles. The molecule has 19 heavy (non-hydrogen) atoms. The summed E-state index contributed by atoms with van der Waals surface area (Å²) in [5, 5.41) is 16.5. The van der Waals surface area contributed by atoms with Crippen LogP contribution in [0.25, 0.3) is 5.65 Å². The zero-order valence-electron chi connectivity index (χ0n) is 10.8. The lowest BCUT2D eigenvalue weighted by atomic mass is 9.88. The Morgan fingerprint density at radius 1 is 1.00 bits per heavy atom. The van der Waals surface area contributed by atoms with Crippen molar-refractivity contribution in [1.82, 2.24) is 24.8 Å². The van der Waals surface area contributed by atoms with E-state index in [0.29, 0.717) is 5.82 Å². The third-order valence-corrected chi connectivity index (χ3v) is 3.20. The fourth-order valence-electron chi connectivity index (χ4n) is 2.06. The Balaban J connectivity index is 2.16. The predicted molar refractivity (Wildman–Crippen MR) is 71.6 cm³/mol. The summed E-state index contributed by atoms with van der Waals surface area (Å²) in [5.74, 6) is 1.23. The van der Waals surface area contributed by atoms with E-state index in [-0.39, 0.29) is 0 Å².